The predicted molar refractivity (Wildman–Crippen MR) is 222 cm³/mol. The third-order valence-corrected chi connectivity index (χ3v) is 10.8. The number of fused-ring (bicyclic) bond motifs is 3. The largest absolute Gasteiger partial charge is 0.457 e. The Morgan fingerprint density at radius 3 is 2.30 bits per heavy atom. The first-order valence-electron chi connectivity index (χ1n) is 19.5. The molecule has 3 heterocycles. The molecule has 53 heavy (non-hydrogen) atoms. The molecular formula is C48H54N4O. The van der Waals surface area contributed by atoms with Crippen LogP contribution in [0, 0.1) is 32.6 Å². The summed E-state index contributed by atoms with van der Waals surface area (Å²) in [5, 5.41) is 7.51. The van der Waals surface area contributed by atoms with Gasteiger partial charge in [-0.15, -0.1) is 0 Å². The fourth-order valence-electron chi connectivity index (χ4n) is 8.11. The molecule has 0 spiro atoms. The van der Waals surface area contributed by atoms with Crippen LogP contribution >= 0.6 is 0 Å². The molecule has 5 heteroatoms. The summed E-state index contributed by atoms with van der Waals surface area (Å²) >= 11 is 0. The van der Waals surface area contributed by atoms with Crippen molar-refractivity contribution in [3.8, 4) is 34.1 Å². The summed E-state index contributed by atoms with van der Waals surface area (Å²) in [4.78, 5) is 4.86. The average molecular weight is 703 g/mol. The van der Waals surface area contributed by atoms with Crippen LogP contribution in [0.2, 0.25) is 0 Å². The lowest BCUT2D eigenvalue weighted by atomic mass is 9.88. The summed E-state index contributed by atoms with van der Waals surface area (Å²) in [7, 11) is 0. The van der Waals surface area contributed by atoms with Crippen molar-refractivity contribution in [2.75, 3.05) is 0 Å². The van der Waals surface area contributed by atoms with E-state index in [1.165, 1.54) is 57.9 Å². The molecule has 0 saturated heterocycles. The average Bonchev–Trinajstić information content (AvgIpc) is 3.62. The van der Waals surface area contributed by atoms with Gasteiger partial charge in [0, 0.05) is 40.4 Å². The number of nitrogens with zero attached hydrogens (tertiary/aromatic N) is 4. The number of pyridine rings is 1. The first-order chi connectivity index (χ1) is 25.6. The van der Waals surface area contributed by atoms with Gasteiger partial charge in [-0.05, 0) is 129 Å². The monoisotopic (exact) mass is 702 g/mol. The van der Waals surface area contributed by atoms with Crippen molar-refractivity contribution in [1.82, 2.24) is 19.3 Å². The lowest BCUT2D eigenvalue weighted by Gasteiger charge is -2.17. The van der Waals surface area contributed by atoms with E-state index >= 15 is 0 Å². The summed E-state index contributed by atoms with van der Waals surface area (Å²) in [6, 6.07) is 34.9. The zero-order valence-electron chi connectivity index (χ0n) is 32.8. The maximum atomic E-state index is 6.82. The van der Waals surface area contributed by atoms with Crippen molar-refractivity contribution >= 4 is 21.8 Å². The van der Waals surface area contributed by atoms with Crippen molar-refractivity contribution < 1.29 is 4.74 Å². The van der Waals surface area contributed by atoms with Gasteiger partial charge in [0.05, 0.1) is 22.4 Å². The third kappa shape index (κ3) is 7.67. The molecule has 272 valence electrons. The lowest BCUT2D eigenvalue weighted by molar-refractivity contribution is 0.449. The first-order valence-corrected chi connectivity index (χ1v) is 19.5. The number of benzene rings is 4. The van der Waals surface area contributed by atoms with E-state index in [2.05, 4.69) is 162 Å². The lowest BCUT2D eigenvalue weighted by Crippen LogP contribution is -2.02. The quantitative estimate of drug-likeness (QED) is 0.120. The highest BCUT2D eigenvalue weighted by atomic mass is 16.5. The van der Waals surface area contributed by atoms with E-state index in [0.717, 1.165) is 58.3 Å². The van der Waals surface area contributed by atoms with Crippen LogP contribution in [0.25, 0.3) is 44.4 Å². The number of hydrogen-bond donors (Lipinski definition) is 0. The summed E-state index contributed by atoms with van der Waals surface area (Å²) in [5.74, 6) is 4.31. The Labute approximate surface area is 315 Å². The van der Waals surface area contributed by atoms with Gasteiger partial charge in [0.25, 0.3) is 0 Å². The van der Waals surface area contributed by atoms with Crippen molar-refractivity contribution in [2.24, 2.45) is 11.8 Å². The highest BCUT2D eigenvalue weighted by Gasteiger charge is 2.19. The Bertz CT molecular complexity index is 2360. The van der Waals surface area contributed by atoms with Crippen molar-refractivity contribution in [1.29, 1.82) is 0 Å². The molecular weight excluding hydrogens is 649 g/mol. The van der Waals surface area contributed by atoms with E-state index in [-0.39, 0.29) is 0 Å². The number of aryl methyl sites for hydroxylation is 3. The molecule has 0 radical (unpaired) electrons. The molecule has 0 aliphatic carbocycles. The van der Waals surface area contributed by atoms with Gasteiger partial charge in [-0.3, -0.25) is 4.57 Å². The summed E-state index contributed by atoms with van der Waals surface area (Å²) in [6.45, 7) is 18.0. The Balaban J connectivity index is 1.32. The maximum Gasteiger partial charge on any atom is 0.137 e. The second-order valence-corrected chi connectivity index (χ2v) is 15.7. The second-order valence-electron chi connectivity index (χ2n) is 15.7. The molecule has 0 aliphatic rings. The zero-order valence-corrected chi connectivity index (χ0v) is 32.8. The van der Waals surface area contributed by atoms with Gasteiger partial charge in [0.2, 0.25) is 0 Å². The molecule has 2 unspecified atom stereocenters. The number of hydrogen-bond acceptors (Lipinski definition) is 3. The minimum absolute atomic E-state index is 0.488. The normalized spacial score (nSPS) is 12.9. The van der Waals surface area contributed by atoms with E-state index in [4.69, 9.17) is 14.8 Å². The molecule has 5 nitrogen and oxygen atoms in total. The summed E-state index contributed by atoms with van der Waals surface area (Å²) in [6.07, 6.45) is 7.67. The third-order valence-electron chi connectivity index (χ3n) is 10.8. The Hall–Kier alpha value is -5.16. The van der Waals surface area contributed by atoms with Crippen molar-refractivity contribution in [3.05, 3.63) is 131 Å². The van der Waals surface area contributed by atoms with Gasteiger partial charge in [-0.2, -0.15) is 5.10 Å². The first kappa shape index (κ1) is 36.2. The van der Waals surface area contributed by atoms with Crippen LogP contribution in [0.1, 0.15) is 94.3 Å². The predicted octanol–water partition coefficient (Wildman–Crippen LogP) is 13.3. The number of aromatic nitrogens is 4. The molecule has 0 amide bonds. The van der Waals surface area contributed by atoms with Gasteiger partial charge in [0.1, 0.15) is 17.3 Å². The minimum Gasteiger partial charge on any atom is -0.457 e. The van der Waals surface area contributed by atoms with Crippen LogP contribution in [-0.4, -0.2) is 19.3 Å². The van der Waals surface area contributed by atoms with Crippen molar-refractivity contribution in [3.63, 3.8) is 0 Å². The number of ether oxygens (including phenoxy) is 1. The molecule has 0 fully saturated rings. The van der Waals surface area contributed by atoms with Crippen LogP contribution in [0.3, 0.4) is 0 Å². The van der Waals surface area contributed by atoms with E-state index in [1.807, 2.05) is 6.20 Å². The van der Waals surface area contributed by atoms with Crippen LogP contribution in [0.15, 0.2) is 103 Å². The molecule has 7 aromatic rings. The fraction of sp³-hybridized carbons (Fsp3) is 0.333. The van der Waals surface area contributed by atoms with Gasteiger partial charge in [0.15, 0.2) is 0 Å². The van der Waals surface area contributed by atoms with E-state index in [0.29, 0.717) is 17.8 Å². The van der Waals surface area contributed by atoms with Gasteiger partial charge < -0.3 is 4.74 Å². The topological polar surface area (TPSA) is 44.9 Å². The molecule has 0 bridgehead atoms. The molecule has 0 aliphatic heterocycles. The standard InChI is InChI=1S/C48H54N4O/c1-9-13-32(4)24-34(6)39-18-21-45-44(28-39)43-20-19-41(30-46(43)51(45)47-25-33(5)22-23-49-47)53-42-27-37(17-16-31(2)3)26-40(29-42)52-36(8)48(35(7)50-52)38-14-11-10-12-15-38/h10-12,14-15,18-23,25-32,34H,9,13,16-17,24H2,1-8H3. The molecule has 4 aromatic carbocycles. The molecule has 0 saturated carbocycles. The molecule has 7 rings (SSSR count). The maximum absolute atomic E-state index is 6.82. The highest BCUT2D eigenvalue weighted by Crippen LogP contribution is 2.38. The van der Waals surface area contributed by atoms with E-state index in [1.54, 1.807) is 0 Å². The van der Waals surface area contributed by atoms with Gasteiger partial charge in [-0.1, -0.05) is 83.9 Å². The van der Waals surface area contributed by atoms with Crippen LogP contribution in [-0.2, 0) is 6.42 Å². The minimum atomic E-state index is 0.488. The Morgan fingerprint density at radius 1 is 0.736 bits per heavy atom. The van der Waals surface area contributed by atoms with Crippen LogP contribution < -0.4 is 4.74 Å². The summed E-state index contributed by atoms with van der Waals surface area (Å²) in [5.41, 5.74) is 11.6. The van der Waals surface area contributed by atoms with Crippen molar-refractivity contribution in [2.45, 2.75) is 93.4 Å². The van der Waals surface area contributed by atoms with Crippen LogP contribution in [0.5, 0.6) is 11.5 Å². The van der Waals surface area contributed by atoms with Crippen LogP contribution in [0.4, 0.5) is 0 Å². The van der Waals surface area contributed by atoms with Gasteiger partial charge in [-0.25, -0.2) is 9.67 Å². The SMILES string of the molecule is CCCC(C)CC(C)c1ccc2c(c1)c1ccc(Oc3cc(CCC(C)C)cc(-n4nc(C)c(-c5ccccc5)c4C)c3)cc1n2-c1cc(C)ccn1. The fourth-order valence-corrected chi connectivity index (χ4v) is 8.11. The molecule has 2 atom stereocenters. The van der Waals surface area contributed by atoms with Gasteiger partial charge >= 0.3 is 0 Å². The zero-order chi connectivity index (χ0) is 37.2. The Kier molecular flexibility index (Phi) is 10.5. The highest BCUT2D eigenvalue weighted by molar-refractivity contribution is 6.09. The number of rotatable bonds is 13. The Morgan fingerprint density at radius 2 is 1.55 bits per heavy atom. The molecule has 3 aromatic heterocycles. The summed E-state index contributed by atoms with van der Waals surface area (Å²) < 4.78 is 11.2. The van der Waals surface area contributed by atoms with E-state index in [9.17, 15) is 0 Å². The second kappa shape index (κ2) is 15.4. The van der Waals surface area contributed by atoms with E-state index < -0.39 is 0 Å². The molecule has 0 N–H and O–H groups in total. The smallest absolute Gasteiger partial charge is 0.137 e.